The first-order valence-electron chi connectivity index (χ1n) is 5.65. The van der Waals surface area contributed by atoms with E-state index in [1.54, 1.807) is 22.7 Å². The van der Waals surface area contributed by atoms with Gasteiger partial charge in [0.1, 0.15) is 5.01 Å². The molecular weight excluding hydrogens is 268 g/mol. The molecule has 2 aromatic heterocycles. The van der Waals surface area contributed by atoms with Gasteiger partial charge < -0.3 is 10.2 Å². The quantitative estimate of drug-likeness (QED) is 0.847. The molecule has 98 valence electrons. The molecule has 0 aliphatic heterocycles. The fraction of sp³-hybridized carbons (Fsp3) is 0.417. The Morgan fingerprint density at radius 1 is 1.44 bits per heavy atom. The second-order valence-electron chi connectivity index (χ2n) is 4.15. The molecule has 0 saturated carbocycles. The van der Waals surface area contributed by atoms with Crippen LogP contribution in [0.4, 0.5) is 0 Å². The van der Waals surface area contributed by atoms with Crippen molar-refractivity contribution in [2.75, 3.05) is 20.2 Å². The van der Waals surface area contributed by atoms with E-state index in [0.29, 0.717) is 13.1 Å². The van der Waals surface area contributed by atoms with Crippen LogP contribution < -0.4 is 0 Å². The Bertz CT molecular complexity index is 470. The fourth-order valence-electron chi connectivity index (χ4n) is 1.65. The molecule has 2 heterocycles. The summed E-state index contributed by atoms with van der Waals surface area (Å²) in [4.78, 5) is 7.71. The first kappa shape index (κ1) is 13.6. The average molecular weight is 284 g/mol. The molecule has 0 radical (unpaired) electrons. The van der Waals surface area contributed by atoms with Crippen molar-refractivity contribution >= 4 is 22.7 Å². The Labute approximate surface area is 114 Å². The average Bonchev–Trinajstić information content (AvgIpc) is 2.98. The van der Waals surface area contributed by atoms with Gasteiger partial charge in [-0.25, -0.2) is 4.98 Å². The molecular formula is C12H16N2O2S2. The van der Waals surface area contributed by atoms with Crippen LogP contribution in [0.1, 0.15) is 5.69 Å². The molecule has 2 aromatic rings. The van der Waals surface area contributed by atoms with E-state index in [0.717, 1.165) is 10.7 Å². The molecule has 2 rings (SSSR count). The van der Waals surface area contributed by atoms with Crippen LogP contribution in [-0.4, -0.2) is 46.4 Å². The normalized spacial score (nSPS) is 13.1. The number of aromatic nitrogens is 1. The van der Waals surface area contributed by atoms with Gasteiger partial charge in [-0.05, 0) is 18.5 Å². The molecule has 0 spiro atoms. The van der Waals surface area contributed by atoms with Gasteiger partial charge in [-0.1, -0.05) is 6.07 Å². The highest BCUT2D eigenvalue weighted by molar-refractivity contribution is 7.20. The second kappa shape index (κ2) is 6.40. The Kier molecular flexibility index (Phi) is 4.85. The summed E-state index contributed by atoms with van der Waals surface area (Å²) in [6.45, 7) is 0.920. The molecule has 6 heteroatoms. The van der Waals surface area contributed by atoms with Crippen LogP contribution in [0.3, 0.4) is 0 Å². The Hall–Kier alpha value is -0.790. The lowest BCUT2D eigenvalue weighted by Crippen LogP contribution is -2.31. The fourth-order valence-corrected chi connectivity index (χ4v) is 3.28. The maximum absolute atomic E-state index is 9.35. The van der Waals surface area contributed by atoms with Gasteiger partial charge in [0, 0.05) is 18.5 Å². The van der Waals surface area contributed by atoms with Gasteiger partial charge in [-0.2, -0.15) is 0 Å². The highest BCUT2D eigenvalue weighted by Crippen LogP contribution is 2.27. The predicted octanol–water partition coefficient (Wildman–Crippen LogP) is 1.66. The lowest BCUT2D eigenvalue weighted by atomic mass is 10.3. The maximum atomic E-state index is 9.35. The van der Waals surface area contributed by atoms with Crippen molar-refractivity contribution in [1.29, 1.82) is 0 Å². The highest BCUT2D eigenvalue weighted by Gasteiger charge is 2.10. The monoisotopic (exact) mass is 284 g/mol. The van der Waals surface area contributed by atoms with Gasteiger partial charge in [0.05, 0.1) is 23.3 Å². The Morgan fingerprint density at radius 3 is 2.94 bits per heavy atom. The van der Waals surface area contributed by atoms with Crippen LogP contribution in [0, 0.1) is 0 Å². The van der Waals surface area contributed by atoms with Crippen molar-refractivity contribution in [3.05, 3.63) is 28.6 Å². The molecule has 0 aliphatic rings. The van der Waals surface area contributed by atoms with E-state index < -0.39 is 6.10 Å². The van der Waals surface area contributed by atoms with Crippen LogP contribution in [0.15, 0.2) is 22.9 Å². The predicted molar refractivity (Wildman–Crippen MR) is 74.9 cm³/mol. The van der Waals surface area contributed by atoms with Crippen molar-refractivity contribution in [3.8, 4) is 9.88 Å². The Balaban J connectivity index is 1.94. The van der Waals surface area contributed by atoms with Gasteiger partial charge in [-0.3, -0.25) is 4.90 Å². The van der Waals surface area contributed by atoms with Crippen LogP contribution in [-0.2, 0) is 6.54 Å². The van der Waals surface area contributed by atoms with Crippen molar-refractivity contribution in [3.63, 3.8) is 0 Å². The van der Waals surface area contributed by atoms with Crippen LogP contribution in [0.5, 0.6) is 0 Å². The van der Waals surface area contributed by atoms with E-state index >= 15 is 0 Å². The highest BCUT2D eigenvalue weighted by atomic mass is 32.1. The van der Waals surface area contributed by atoms with Gasteiger partial charge in [0.15, 0.2) is 0 Å². The van der Waals surface area contributed by atoms with E-state index in [4.69, 9.17) is 5.11 Å². The molecule has 0 bridgehead atoms. The van der Waals surface area contributed by atoms with Gasteiger partial charge in [0.25, 0.3) is 0 Å². The zero-order valence-corrected chi connectivity index (χ0v) is 11.7. The lowest BCUT2D eigenvalue weighted by molar-refractivity contribution is 0.0645. The molecule has 0 amide bonds. The number of nitrogens with zero attached hydrogens (tertiary/aromatic N) is 2. The van der Waals surface area contributed by atoms with Crippen LogP contribution in [0.2, 0.25) is 0 Å². The summed E-state index contributed by atoms with van der Waals surface area (Å²) in [5, 5.41) is 23.3. The molecule has 4 nitrogen and oxygen atoms in total. The summed E-state index contributed by atoms with van der Waals surface area (Å²) in [5.74, 6) is 0. The second-order valence-corrected chi connectivity index (χ2v) is 5.96. The largest absolute Gasteiger partial charge is 0.394 e. The third kappa shape index (κ3) is 3.60. The van der Waals surface area contributed by atoms with E-state index in [1.807, 2.05) is 28.8 Å². The summed E-state index contributed by atoms with van der Waals surface area (Å²) < 4.78 is 0. The molecule has 2 N–H and O–H groups in total. The third-order valence-corrected chi connectivity index (χ3v) is 4.38. The molecule has 1 atom stereocenters. The molecule has 18 heavy (non-hydrogen) atoms. The van der Waals surface area contributed by atoms with E-state index in [9.17, 15) is 5.11 Å². The number of hydrogen-bond acceptors (Lipinski definition) is 6. The lowest BCUT2D eigenvalue weighted by Gasteiger charge is -2.17. The minimum atomic E-state index is -0.689. The van der Waals surface area contributed by atoms with E-state index in [2.05, 4.69) is 11.1 Å². The number of hydrogen-bond donors (Lipinski definition) is 2. The van der Waals surface area contributed by atoms with Crippen molar-refractivity contribution in [2.24, 2.45) is 0 Å². The SMILES string of the molecule is CN(Cc1csc(-c2cccs2)n1)C[C@@H](O)CO. The number of thiophene rings is 1. The van der Waals surface area contributed by atoms with Gasteiger partial charge in [0.2, 0.25) is 0 Å². The van der Waals surface area contributed by atoms with Crippen LogP contribution in [0.25, 0.3) is 9.88 Å². The summed E-state index contributed by atoms with van der Waals surface area (Å²) in [6.07, 6.45) is -0.689. The summed E-state index contributed by atoms with van der Waals surface area (Å²) in [6, 6.07) is 4.08. The number of likely N-dealkylation sites (N-methyl/N-ethyl adjacent to an activating group) is 1. The number of thiazole rings is 1. The number of rotatable bonds is 6. The molecule has 0 fully saturated rings. The topological polar surface area (TPSA) is 56.6 Å². The molecule has 0 unspecified atom stereocenters. The zero-order valence-electron chi connectivity index (χ0n) is 10.1. The molecule has 0 aliphatic carbocycles. The maximum Gasteiger partial charge on any atom is 0.133 e. The summed E-state index contributed by atoms with van der Waals surface area (Å²) in [7, 11) is 1.91. The molecule has 0 aromatic carbocycles. The van der Waals surface area contributed by atoms with Crippen molar-refractivity contribution in [2.45, 2.75) is 12.6 Å². The third-order valence-electron chi connectivity index (χ3n) is 2.45. The first-order valence-corrected chi connectivity index (χ1v) is 7.40. The molecule has 0 saturated heterocycles. The smallest absolute Gasteiger partial charge is 0.133 e. The van der Waals surface area contributed by atoms with Crippen molar-refractivity contribution < 1.29 is 10.2 Å². The number of aliphatic hydroxyl groups excluding tert-OH is 2. The van der Waals surface area contributed by atoms with Crippen LogP contribution >= 0.6 is 22.7 Å². The minimum Gasteiger partial charge on any atom is -0.394 e. The first-order chi connectivity index (χ1) is 8.69. The standard InChI is InChI=1S/C12H16N2O2S2/c1-14(6-10(16)7-15)5-9-8-18-12(13-9)11-3-2-4-17-11/h2-4,8,10,15-16H,5-7H2,1H3/t10-/m1/s1. The minimum absolute atomic E-state index is 0.206. The Morgan fingerprint density at radius 2 is 2.28 bits per heavy atom. The van der Waals surface area contributed by atoms with Crippen molar-refractivity contribution in [1.82, 2.24) is 9.88 Å². The summed E-state index contributed by atoms with van der Waals surface area (Å²) >= 11 is 3.32. The zero-order chi connectivity index (χ0) is 13.0. The van der Waals surface area contributed by atoms with E-state index in [1.165, 1.54) is 4.88 Å². The summed E-state index contributed by atoms with van der Waals surface area (Å²) in [5.41, 5.74) is 0.996. The number of aliphatic hydroxyl groups is 2. The van der Waals surface area contributed by atoms with E-state index in [-0.39, 0.29) is 6.61 Å². The van der Waals surface area contributed by atoms with Gasteiger partial charge in [-0.15, -0.1) is 22.7 Å². The van der Waals surface area contributed by atoms with Gasteiger partial charge >= 0.3 is 0 Å².